The fraction of sp³-hybridized carbons (Fsp3) is 0.450. The molecule has 0 aliphatic heterocycles. The van der Waals surface area contributed by atoms with Crippen LogP contribution in [-0.2, 0) is 49.7 Å². The molecule has 5 atom stereocenters. The van der Waals surface area contributed by atoms with Crippen LogP contribution in [0.15, 0.2) is 35.5 Å². The van der Waals surface area contributed by atoms with E-state index in [0.717, 1.165) is 0 Å². The Morgan fingerprint density at radius 3 is 1.58 bits per heavy atom. The predicted molar refractivity (Wildman–Crippen MR) is 227 cm³/mol. The Balaban J connectivity index is 2.11. The van der Waals surface area contributed by atoms with Gasteiger partial charge in [0.15, 0.2) is 17.3 Å². The number of carbonyl (C=O) groups is 11. The summed E-state index contributed by atoms with van der Waals surface area (Å²) in [5.41, 5.74) is 7.11. The molecule has 0 saturated heterocycles. The third-order valence-electron chi connectivity index (χ3n) is 8.97. The van der Waals surface area contributed by atoms with Gasteiger partial charge in [0.1, 0.15) is 30.2 Å². The van der Waals surface area contributed by atoms with Crippen molar-refractivity contribution in [1.82, 2.24) is 36.6 Å². The lowest BCUT2D eigenvalue weighted by Crippen LogP contribution is -2.58. The molecule has 0 fully saturated rings. The highest BCUT2D eigenvalue weighted by atomic mass is 16.4. The number of carbonyl (C=O) groups excluding carboxylic acids is 6. The van der Waals surface area contributed by atoms with Gasteiger partial charge in [-0.05, 0) is 70.3 Å². The minimum Gasteiger partial charge on any atom is -0.481 e. The van der Waals surface area contributed by atoms with Crippen LogP contribution in [0.3, 0.4) is 0 Å². The second-order valence-electron chi connectivity index (χ2n) is 14.7. The molecule has 2 rings (SSSR count). The fourth-order valence-corrected chi connectivity index (χ4v) is 5.73. The summed E-state index contributed by atoms with van der Waals surface area (Å²) in [6.45, 7) is 5.16. The Hall–Kier alpha value is -7.90. The predicted octanol–water partition coefficient (Wildman–Crippen LogP) is -1.06. The number of carboxylic acids is 5. The SMILES string of the molecule is CC(=O)c1nc(CNc2ccc(C(=O)N[C@@H](CCC(=O)N[C@@H](CC(=O)O)C(=O)N[C@@H](CC(=O)O)C(=O)N[C@@H](CC(=O)O)C(=O)N[C@@H](CCCCN)C(=O)O)C(=O)O)cc2)cnc1N=C(C)C. The van der Waals surface area contributed by atoms with E-state index in [0.29, 0.717) is 23.5 Å². The molecule has 1 aromatic carbocycles. The lowest BCUT2D eigenvalue weighted by atomic mass is 10.1. The van der Waals surface area contributed by atoms with Crippen molar-refractivity contribution in [1.29, 1.82) is 0 Å². The van der Waals surface area contributed by atoms with Crippen molar-refractivity contribution in [3.8, 4) is 0 Å². The van der Waals surface area contributed by atoms with Crippen molar-refractivity contribution in [2.24, 2.45) is 10.7 Å². The summed E-state index contributed by atoms with van der Waals surface area (Å²) < 4.78 is 0. The molecule has 1 aromatic heterocycles. The van der Waals surface area contributed by atoms with Crippen LogP contribution in [-0.4, -0.2) is 143 Å². The fourth-order valence-electron chi connectivity index (χ4n) is 5.73. The number of nitrogens with one attached hydrogen (secondary N) is 6. The van der Waals surface area contributed by atoms with Gasteiger partial charge in [0.2, 0.25) is 23.6 Å². The number of aromatic nitrogens is 2. The molecule has 0 aliphatic carbocycles. The molecular formula is C40H52N10O16. The number of rotatable bonds is 29. The number of unbranched alkanes of at least 4 members (excludes halogenated alkanes) is 1. The molecule has 5 amide bonds. The number of nitrogens with two attached hydrogens (primary N) is 1. The van der Waals surface area contributed by atoms with Crippen molar-refractivity contribution in [2.45, 2.75) is 109 Å². The first-order valence-corrected chi connectivity index (χ1v) is 20.1. The summed E-state index contributed by atoms with van der Waals surface area (Å²) in [4.78, 5) is 149. The van der Waals surface area contributed by atoms with Gasteiger partial charge < -0.3 is 63.2 Å². The first-order chi connectivity index (χ1) is 31.0. The molecule has 0 bridgehead atoms. The van der Waals surface area contributed by atoms with Crippen molar-refractivity contribution < 1.29 is 78.3 Å². The third kappa shape index (κ3) is 19.2. The van der Waals surface area contributed by atoms with E-state index in [1.165, 1.54) is 37.4 Å². The number of hydrogen-bond acceptors (Lipinski definition) is 16. The molecule has 26 nitrogen and oxygen atoms in total. The van der Waals surface area contributed by atoms with Crippen LogP contribution in [0.5, 0.6) is 0 Å². The first kappa shape index (κ1) is 54.2. The average molecular weight is 929 g/mol. The molecule has 0 aliphatic rings. The minimum atomic E-state index is -2.11. The highest BCUT2D eigenvalue weighted by molar-refractivity contribution is 5.99. The van der Waals surface area contributed by atoms with E-state index in [-0.39, 0.29) is 48.8 Å². The Morgan fingerprint density at radius 2 is 1.12 bits per heavy atom. The van der Waals surface area contributed by atoms with E-state index in [2.05, 4.69) is 36.2 Å². The molecule has 2 aromatic rings. The summed E-state index contributed by atoms with van der Waals surface area (Å²) in [7, 11) is 0. The summed E-state index contributed by atoms with van der Waals surface area (Å²) in [5, 5.41) is 60.8. The summed E-state index contributed by atoms with van der Waals surface area (Å²) in [6.07, 6.45) is -2.77. The monoisotopic (exact) mass is 928 g/mol. The first-order valence-electron chi connectivity index (χ1n) is 20.1. The van der Waals surface area contributed by atoms with Crippen molar-refractivity contribution in [2.75, 3.05) is 11.9 Å². The van der Waals surface area contributed by atoms with Crippen LogP contribution in [0, 0.1) is 0 Å². The molecule has 26 heteroatoms. The van der Waals surface area contributed by atoms with Gasteiger partial charge in [-0.15, -0.1) is 0 Å². The second-order valence-corrected chi connectivity index (χ2v) is 14.7. The molecule has 0 saturated carbocycles. The number of carboxylic acid groups (broad SMARTS) is 5. The van der Waals surface area contributed by atoms with Crippen molar-refractivity contribution in [3.05, 3.63) is 47.4 Å². The molecular weight excluding hydrogens is 876 g/mol. The normalized spacial score (nSPS) is 12.9. The van der Waals surface area contributed by atoms with Gasteiger partial charge in [-0.25, -0.2) is 24.5 Å². The lowest BCUT2D eigenvalue weighted by Gasteiger charge is -2.24. The molecule has 1 heterocycles. The largest absolute Gasteiger partial charge is 0.481 e. The second kappa shape index (κ2) is 26.7. The molecule has 0 unspecified atom stereocenters. The van der Waals surface area contributed by atoms with E-state index >= 15 is 0 Å². The van der Waals surface area contributed by atoms with E-state index in [9.17, 15) is 78.3 Å². The number of benzene rings is 1. The molecule has 13 N–H and O–H groups in total. The molecule has 358 valence electrons. The van der Waals surface area contributed by atoms with E-state index in [4.69, 9.17) is 5.73 Å². The minimum absolute atomic E-state index is 0.0166. The maximum absolute atomic E-state index is 13.2. The maximum atomic E-state index is 13.2. The van der Waals surface area contributed by atoms with Crippen LogP contribution in [0.4, 0.5) is 11.5 Å². The van der Waals surface area contributed by atoms with Gasteiger partial charge in [-0.2, -0.15) is 0 Å². The van der Waals surface area contributed by atoms with Crippen molar-refractivity contribution in [3.63, 3.8) is 0 Å². The number of Topliss-reactive ketones (excluding diaryl/α,β-unsaturated/α-hetero) is 1. The average Bonchev–Trinajstić information content (AvgIpc) is 3.22. The summed E-state index contributed by atoms with van der Waals surface area (Å²) in [6, 6.07) is -3.56. The maximum Gasteiger partial charge on any atom is 0.326 e. The zero-order valence-electron chi connectivity index (χ0n) is 36.0. The third-order valence-corrected chi connectivity index (χ3v) is 8.97. The summed E-state index contributed by atoms with van der Waals surface area (Å²) in [5.74, 6) is -14.3. The molecule has 66 heavy (non-hydrogen) atoms. The lowest BCUT2D eigenvalue weighted by molar-refractivity contribution is -0.145. The Morgan fingerprint density at radius 1 is 0.636 bits per heavy atom. The molecule has 0 radical (unpaired) electrons. The van der Waals surface area contributed by atoms with Crippen LogP contribution < -0.4 is 37.6 Å². The van der Waals surface area contributed by atoms with Gasteiger partial charge in [-0.3, -0.25) is 43.2 Å². The van der Waals surface area contributed by atoms with Gasteiger partial charge in [0, 0.05) is 30.3 Å². The number of aliphatic carboxylic acids is 5. The number of aliphatic imine (C=N–C) groups is 1. The molecule has 0 spiro atoms. The van der Waals surface area contributed by atoms with Gasteiger partial charge in [-0.1, -0.05) is 0 Å². The summed E-state index contributed by atoms with van der Waals surface area (Å²) >= 11 is 0. The zero-order chi connectivity index (χ0) is 49.7. The van der Waals surface area contributed by atoms with Crippen LogP contribution >= 0.6 is 0 Å². The van der Waals surface area contributed by atoms with Crippen LogP contribution in [0.1, 0.15) is 98.7 Å². The number of ketones is 1. The van der Waals surface area contributed by atoms with Gasteiger partial charge in [0.25, 0.3) is 5.91 Å². The topological polar surface area (TPSA) is 425 Å². The Kier molecular flexibility index (Phi) is 21.9. The van der Waals surface area contributed by atoms with Crippen molar-refractivity contribution >= 4 is 82.4 Å². The Bertz CT molecular complexity index is 2180. The van der Waals surface area contributed by atoms with Gasteiger partial charge in [0.05, 0.1) is 37.7 Å². The number of amides is 5. The van der Waals surface area contributed by atoms with E-state index in [1.54, 1.807) is 13.8 Å². The number of hydrogen-bond donors (Lipinski definition) is 12. The quantitative estimate of drug-likeness (QED) is 0.0263. The highest BCUT2D eigenvalue weighted by Gasteiger charge is 2.34. The van der Waals surface area contributed by atoms with E-state index < -0.39 is 122 Å². The van der Waals surface area contributed by atoms with E-state index in [1.807, 2.05) is 10.6 Å². The van der Waals surface area contributed by atoms with Crippen LogP contribution in [0.2, 0.25) is 0 Å². The number of anilines is 1. The Labute approximate surface area is 375 Å². The van der Waals surface area contributed by atoms with Crippen LogP contribution in [0.25, 0.3) is 0 Å². The number of nitrogens with zero attached hydrogens (tertiary/aromatic N) is 3. The smallest absolute Gasteiger partial charge is 0.326 e. The highest BCUT2D eigenvalue weighted by Crippen LogP contribution is 2.17. The van der Waals surface area contributed by atoms with Gasteiger partial charge >= 0.3 is 29.8 Å². The standard InChI is InChI=1S/C40H52N10O16/c1-19(2)44-34-33(20(3)51)45-23(18-43-34)17-42-22-9-7-21(8-10-22)35(59)47-25(40(65)66)11-12-29(52)46-26(14-30(53)54)36(60)49-28(16-32(57)58)38(62)50-27(15-31(55)56)37(61)48-24(39(63)64)6-4-5-13-41/h7-10,18,24-28,42H,4-6,11-17,41H2,1-3H3,(H,46,52)(H,47,59)(H,48,61)(H,49,60)(H,50,62)(H,53,54)(H,55,56)(H,57,58)(H,63,64)(H,65,66)/t24-,25-,26-,27-,28-/m0/s1. The zero-order valence-corrected chi connectivity index (χ0v) is 36.0.